The van der Waals surface area contributed by atoms with E-state index in [1.165, 1.54) is 12.1 Å². The van der Waals surface area contributed by atoms with Gasteiger partial charge in [0, 0.05) is 30.3 Å². The predicted molar refractivity (Wildman–Crippen MR) is 84.5 cm³/mol. The summed E-state index contributed by atoms with van der Waals surface area (Å²) in [5.74, 6) is -0.331. The van der Waals surface area contributed by atoms with Crippen LogP contribution in [-0.4, -0.2) is 39.1 Å². The molecule has 1 saturated carbocycles. The lowest BCUT2D eigenvalue weighted by Crippen LogP contribution is -2.40. The average molecular weight is 322 g/mol. The number of carbonyl (C=O) groups is 1. The molecule has 0 heterocycles. The molecular formula is C16H22N2O5. The molecule has 1 aliphatic rings. The number of non-ortho nitro benzene ring substituents is 1. The molecule has 0 amide bonds. The van der Waals surface area contributed by atoms with Crippen molar-refractivity contribution in [1.29, 1.82) is 0 Å². The van der Waals surface area contributed by atoms with Crippen LogP contribution in [0.5, 0.6) is 5.75 Å². The van der Waals surface area contributed by atoms with Crippen molar-refractivity contribution >= 4 is 11.7 Å². The highest BCUT2D eigenvalue weighted by molar-refractivity contribution is 5.73. The lowest BCUT2D eigenvalue weighted by atomic mass is 10.1. The zero-order valence-corrected chi connectivity index (χ0v) is 13.6. The number of nitrogens with zero attached hydrogens (tertiary/aromatic N) is 2. The molecule has 0 aliphatic heterocycles. The van der Waals surface area contributed by atoms with Gasteiger partial charge in [0.25, 0.3) is 5.69 Å². The van der Waals surface area contributed by atoms with E-state index in [2.05, 4.69) is 0 Å². The Labute approximate surface area is 135 Å². The molecule has 1 unspecified atom stereocenters. The number of aliphatic carboxylic acids is 1. The maximum Gasteiger partial charge on any atom is 0.320 e. The summed E-state index contributed by atoms with van der Waals surface area (Å²) in [7, 11) is 0. The van der Waals surface area contributed by atoms with Gasteiger partial charge < -0.3 is 9.84 Å². The zero-order chi connectivity index (χ0) is 17.1. The van der Waals surface area contributed by atoms with Gasteiger partial charge in [-0.1, -0.05) is 0 Å². The number of hydrogen-bond donors (Lipinski definition) is 1. The molecule has 1 aromatic carbocycles. The quantitative estimate of drug-likeness (QED) is 0.584. The molecule has 7 nitrogen and oxygen atoms in total. The highest BCUT2D eigenvalue weighted by atomic mass is 16.6. The Bertz CT molecular complexity index is 598. The molecule has 1 aromatic rings. The van der Waals surface area contributed by atoms with Crippen molar-refractivity contribution in [1.82, 2.24) is 4.90 Å². The first-order valence-electron chi connectivity index (χ1n) is 7.72. The normalized spacial score (nSPS) is 15.7. The minimum atomic E-state index is -0.895. The third-order valence-corrected chi connectivity index (χ3v) is 3.84. The van der Waals surface area contributed by atoms with E-state index in [0.717, 1.165) is 12.8 Å². The highest BCUT2D eigenvalue weighted by Crippen LogP contribution is 2.33. The van der Waals surface area contributed by atoms with Gasteiger partial charge in [-0.2, -0.15) is 0 Å². The number of carboxylic acid groups (broad SMARTS) is 1. The van der Waals surface area contributed by atoms with E-state index in [4.69, 9.17) is 4.74 Å². The summed E-state index contributed by atoms with van der Waals surface area (Å²) >= 11 is 0. The van der Waals surface area contributed by atoms with Crippen molar-refractivity contribution in [3.05, 3.63) is 33.9 Å². The van der Waals surface area contributed by atoms with E-state index in [1.807, 2.05) is 18.7 Å². The summed E-state index contributed by atoms with van der Waals surface area (Å²) in [6, 6.07) is 4.04. The number of ether oxygens (including phenoxy) is 1. The molecular weight excluding hydrogens is 300 g/mol. The van der Waals surface area contributed by atoms with Gasteiger partial charge in [0.2, 0.25) is 0 Å². The van der Waals surface area contributed by atoms with Gasteiger partial charge in [-0.05, 0) is 39.7 Å². The standard InChI is InChI=1S/C16H22N2O5/c1-10(2)23-15-7-6-14(18(21)22)8-12(15)9-17(13-4-5-13)11(3)16(19)20/h6-8,10-11,13H,4-5,9H2,1-3H3,(H,19,20). The molecule has 126 valence electrons. The first-order valence-corrected chi connectivity index (χ1v) is 7.72. The fraction of sp³-hybridized carbons (Fsp3) is 0.562. The Balaban J connectivity index is 2.31. The van der Waals surface area contributed by atoms with Crippen LogP contribution in [0.3, 0.4) is 0 Å². The molecule has 23 heavy (non-hydrogen) atoms. The van der Waals surface area contributed by atoms with Gasteiger partial charge in [0.05, 0.1) is 11.0 Å². The number of carboxylic acids is 1. The lowest BCUT2D eigenvalue weighted by molar-refractivity contribution is -0.385. The van der Waals surface area contributed by atoms with Gasteiger partial charge >= 0.3 is 5.97 Å². The van der Waals surface area contributed by atoms with Crippen LogP contribution in [0.25, 0.3) is 0 Å². The fourth-order valence-electron chi connectivity index (χ4n) is 2.50. The molecule has 0 radical (unpaired) electrons. The van der Waals surface area contributed by atoms with Crippen LogP contribution in [0.2, 0.25) is 0 Å². The summed E-state index contributed by atoms with van der Waals surface area (Å²) in [6.07, 6.45) is 1.83. The Morgan fingerprint density at radius 1 is 1.43 bits per heavy atom. The summed E-state index contributed by atoms with van der Waals surface area (Å²) in [5, 5.41) is 20.3. The second-order valence-corrected chi connectivity index (χ2v) is 6.13. The van der Waals surface area contributed by atoms with Gasteiger partial charge in [-0.25, -0.2) is 0 Å². The molecule has 2 rings (SSSR count). The minimum Gasteiger partial charge on any atom is -0.491 e. The smallest absolute Gasteiger partial charge is 0.320 e. The monoisotopic (exact) mass is 322 g/mol. The van der Waals surface area contributed by atoms with Crippen LogP contribution in [0.4, 0.5) is 5.69 Å². The summed E-state index contributed by atoms with van der Waals surface area (Å²) in [4.78, 5) is 23.8. The third-order valence-electron chi connectivity index (χ3n) is 3.84. The second kappa shape index (κ2) is 6.95. The van der Waals surface area contributed by atoms with Crippen LogP contribution >= 0.6 is 0 Å². The SMILES string of the molecule is CC(C)Oc1ccc([N+](=O)[O-])cc1CN(C1CC1)C(C)C(=O)O. The molecule has 7 heteroatoms. The zero-order valence-electron chi connectivity index (χ0n) is 13.6. The number of hydrogen-bond acceptors (Lipinski definition) is 5. The number of rotatable bonds is 8. The van der Waals surface area contributed by atoms with E-state index in [-0.39, 0.29) is 17.8 Å². The van der Waals surface area contributed by atoms with Crippen molar-refractivity contribution in [2.24, 2.45) is 0 Å². The van der Waals surface area contributed by atoms with E-state index in [1.54, 1.807) is 13.0 Å². The van der Waals surface area contributed by atoms with E-state index >= 15 is 0 Å². The molecule has 0 bridgehead atoms. The van der Waals surface area contributed by atoms with E-state index in [0.29, 0.717) is 17.9 Å². The van der Waals surface area contributed by atoms with Gasteiger partial charge in [-0.15, -0.1) is 0 Å². The van der Waals surface area contributed by atoms with Crippen LogP contribution in [0.1, 0.15) is 39.2 Å². The summed E-state index contributed by atoms with van der Waals surface area (Å²) in [5.41, 5.74) is 0.628. The maximum atomic E-state index is 11.3. The Morgan fingerprint density at radius 3 is 2.57 bits per heavy atom. The molecule has 0 aromatic heterocycles. The van der Waals surface area contributed by atoms with E-state index < -0.39 is 16.9 Å². The van der Waals surface area contributed by atoms with Crippen LogP contribution in [0.15, 0.2) is 18.2 Å². The van der Waals surface area contributed by atoms with Crippen molar-refractivity contribution in [3.63, 3.8) is 0 Å². The van der Waals surface area contributed by atoms with E-state index in [9.17, 15) is 20.0 Å². The fourth-order valence-corrected chi connectivity index (χ4v) is 2.50. The first-order chi connectivity index (χ1) is 10.8. The maximum absolute atomic E-state index is 11.3. The molecule has 1 aliphatic carbocycles. The average Bonchev–Trinajstić information content (AvgIpc) is 3.29. The summed E-state index contributed by atoms with van der Waals surface area (Å²) < 4.78 is 5.72. The molecule has 0 saturated heterocycles. The van der Waals surface area contributed by atoms with Crippen molar-refractivity contribution in [2.75, 3.05) is 0 Å². The number of nitro benzene ring substituents is 1. The highest BCUT2D eigenvalue weighted by Gasteiger charge is 2.35. The summed E-state index contributed by atoms with van der Waals surface area (Å²) in [6.45, 7) is 5.72. The molecule has 1 atom stereocenters. The van der Waals surface area contributed by atoms with Crippen LogP contribution in [-0.2, 0) is 11.3 Å². The number of nitro groups is 1. The number of benzene rings is 1. The molecule has 1 fully saturated rings. The molecule has 0 spiro atoms. The minimum absolute atomic E-state index is 0.0187. The van der Waals surface area contributed by atoms with Gasteiger partial charge in [0.1, 0.15) is 11.8 Å². The molecule has 1 N–H and O–H groups in total. The topological polar surface area (TPSA) is 92.9 Å². The van der Waals surface area contributed by atoms with Crippen molar-refractivity contribution in [3.8, 4) is 5.75 Å². The largest absolute Gasteiger partial charge is 0.491 e. The van der Waals surface area contributed by atoms with Crippen molar-refractivity contribution in [2.45, 2.75) is 58.3 Å². The Kier molecular flexibility index (Phi) is 5.20. The van der Waals surface area contributed by atoms with Gasteiger partial charge in [-0.3, -0.25) is 19.8 Å². The van der Waals surface area contributed by atoms with Crippen molar-refractivity contribution < 1.29 is 19.6 Å². The Morgan fingerprint density at radius 2 is 2.09 bits per heavy atom. The second-order valence-electron chi connectivity index (χ2n) is 6.13. The van der Waals surface area contributed by atoms with Gasteiger partial charge in [0.15, 0.2) is 0 Å². The third kappa shape index (κ3) is 4.41. The Hall–Kier alpha value is -2.15. The van der Waals surface area contributed by atoms with Crippen LogP contribution < -0.4 is 4.74 Å². The predicted octanol–water partition coefficient (Wildman–Crippen LogP) is 2.82. The van der Waals surface area contributed by atoms with Crippen LogP contribution in [0, 0.1) is 10.1 Å². The lowest BCUT2D eigenvalue weighted by Gasteiger charge is -2.27. The first kappa shape index (κ1) is 17.2.